The first-order valence-corrected chi connectivity index (χ1v) is 8.72. The maximum Gasteiger partial charge on any atom is 0.421 e. The van der Waals surface area contributed by atoms with Crippen molar-refractivity contribution in [3.63, 3.8) is 0 Å². The second-order valence-electron chi connectivity index (χ2n) is 4.82. The van der Waals surface area contributed by atoms with Crippen molar-refractivity contribution in [3.8, 4) is 0 Å². The van der Waals surface area contributed by atoms with Crippen LogP contribution in [-0.2, 0) is 42.3 Å². The molecule has 140 valence electrons. The van der Waals surface area contributed by atoms with Crippen LogP contribution in [0.15, 0.2) is 0 Å². The molecule has 2 fully saturated rings. The molecule has 0 bridgehead atoms. The summed E-state index contributed by atoms with van der Waals surface area (Å²) >= 11 is 0. The molecule has 2 aliphatic rings. The molecule has 2 rings (SSSR count). The third-order valence-electron chi connectivity index (χ3n) is 3.06. The summed E-state index contributed by atoms with van der Waals surface area (Å²) in [6.07, 6.45) is -6.52. The van der Waals surface area contributed by atoms with Gasteiger partial charge in [0.05, 0.1) is 6.61 Å². The van der Waals surface area contributed by atoms with Gasteiger partial charge in [-0.05, 0) is 0 Å². The number of nitrogens with one attached hydrogen (secondary N) is 1. The maximum absolute atomic E-state index is 11.6. The van der Waals surface area contributed by atoms with Crippen molar-refractivity contribution >= 4 is 26.7 Å². The van der Waals surface area contributed by atoms with Crippen molar-refractivity contribution in [2.45, 2.75) is 36.9 Å². The highest BCUT2D eigenvalue weighted by Crippen LogP contribution is 2.43. The zero-order valence-electron chi connectivity index (χ0n) is 11.7. The van der Waals surface area contributed by atoms with Gasteiger partial charge in [0.25, 0.3) is 5.72 Å². The predicted molar refractivity (Wildman–Crippen MR) is 66.6 cm³/mol. The van der Waals surface area contributed by atoms with Gasteiger partial charge in [-0.2, -0.15) is 21.0 Å². The fourth-order valence-electron chi connectivity index (χ4n) is 2.19. The molecule has 0 aliphatic carbocycles. The number of aliphatic hydroxyl groups excluding tert-OH is 3. The van der Waals surface area contributed by atoms with Crippen LogP contribution in [0.3, 0.4) is 0 Å². The summed E-state index contributed by atoms with van der Waals surface area (Å²) < 4.78 is 62.7. The van der Waals surface area contributed by atoms with Gasteiger partial charge in [0, 0.05) is 6.92 Å². The molecule has 0 aromatic rings. The molecule has 0 spiro atoms. The van der Waals surface area contributed by atoms with E-state index in [2.05, 4.69) is 16.7 Å². The Labute approximate surface area is 135 Å². The average molecular weight is 395 g/mol. The monoisotopic (exact) mass is 395 g/mol. The van der Waals surface area contributed by atoms with Crippen LogP contribution in [0.1, 0.15) is 6.92 Å². The Morgan fingerprint density at radius 1 is 1.17 bits per heavy atom. The van der Waals surface area contributed by atoms with E-state index in [-0.39, 0.29) is 0 Å². The minimum Gasteiger partial charge on any atom is -0.394 e. The van der Waals surface area contributed by atoms with Crippen molar-refractivity contribution in [3.05, 3.63) is 0 Å². The molecular weight excluding hydrogens is 382 g/mol. The van der Waals surface area contributed by atoms with E-state index in [4.69, 9.17) is 5.11 Å². The van der Waals surface area contributed by atoms with Crippen LogP contribution < -0.4 is 5.32 Å². The second kappa shape index (κ2) is 5.80. The fourth-order valence-corrected chi connectivity index (χ4v) is 4.23. The third-order valence-corrected chi connectivity index (χ3v) is 5.29. The van der Waals surface area contributed by atoms with Gasteiger partial charge in [0.15, 0.2) is 0 Å². The molecule has 0 radical (unpaired) electrons. The Morgan fingerprint density at radius 3 is 2.21 bits per heavy atom. The van der Waals surface area contributed by atoms with Gasteiger partial charge in [-0.15, -0.1) is 3.63 Å². The molecular formula is C8H13NO13S2. The molecule has 14 nitrogen and oxygen atoms in total. The number of carbonyl (C=O) groups is 1. The van der Waals surface area contributed by atoms with E-state index < -0.39 is 63.3 Å². The average Bonchev–Trinajstić information content (AvgIpc) is 2.43. The summed E-state index contributed by atoms with van der Waals surface area (Å²) in [6.45, 7) is -0.281. The van der Waals surface area contributed by atoms with Crippen LogP contribution >= 0.6 is 0 Å². The number of carbonyl (C=O) groups excluding carboxylic acids is 1. The molecule has 1 amide bonds. The molecule has 2 aliphatic heterocycles. The van der Waals surface area contributed by atoms with Crippen molar-refractivity contribution in [1.82, 2.24) is 5.32 Å². The smallest absolute Gasteiger partial charge is 0.394 e. The van der Waals surface area contributed by atoms with Crippen molar-refractivity contribution < 1.29 is 58.8 Å². The summed E-state index contributed by atoms with van der Waals surface area (Å²) in [6, 6.07) is 0. The number of hydrogen-bond acceptors (Lipinski definition) is 13. The van der Waals surface area contributed by atoms with Crippen LogP contribution in [0.2, 0.25) is 0 Å². The molecule has 0 saturated carbocycles. The minimum atomic E-state index is -5.52. The number of rotatable bonds is 2. The molecule has 5 N–H and O–H groups in total. The lowest BCUT2D eigenvalue weighted by Crippen LogP contribution is -2.80. The van der Waals surface area contributed by atoms with Crippen LogP contribution in [0.4, 0.5) is 0 Å². The Morgan fingerprint density at radius 2 is 1.71 bits per heavy atom. The molecule has 0 aromatic heterocycles. The number of hydrogen-bond donors (Lipinski definition) is 5. The topological polar surface area (TPSA) is 215 Å². The van der Waals surface area contributed by atoms with Crippen LogP contribution in [0, 0.1) is 0 Å². The molecule has 24 heavy (non-hydrogen) atoms. The second-order valence-corrected chi connectivity index (χ2v) is 7.33. The first-order valence-electron chi connectivity index (χ1n) is 6.06. The van der Waals surface area contributed by atoms with Gasteiger partial charge in [-0.25, -0.2) is 4.18 Å². The van der Waals surface area contributed by atoms with E-state index in [1.807, 2.05) is 0 Å². The van der Waals surface area contributed by atoms with Gasteiger partial charge in [-0.3, -0.25) is 4.79 Å². The normalized spacial score (nSPS) is 44.1. The number of amides is 1. The highest BCUT2D eigenvalue weighted by Gasteiger charge is 2.73. The SMILES string of the molecule is CC(=O)N[C@]12OS(=O)(=O)OS(=O)(=O)OC1(O)O[C@H](CO)[C@H](O)[C@H]2O. The number of fused-ring (bicyclic) bond motifs is 1. The van der Waals surface area contributed by atoms with E-state index in [1.165, 1.54) is 0 Å². The molecule has 2 saturated heterocycles. The lowest BCUT2D eigenvalue weighted by atomic mass is 9.91. The van der Waals surface area contributed by atoms with Crippen LogP contribution in [0.5, 0.6) is 0 Å². The summed E-state index contributed by atoms with van der Waals surface area (Å²) in [5, 5.41) is 41.0. The summed E-state index contributed by atoms with van der Waals surface area (Å²) in [7, 11) is -11.0. The molecule has 2 heterocycles. The van der Waals surface area contributed by atoms with Crippen LogP contribution in [0.25, 0.3) is 0 Å². The Kier molecular flexibility index (Phi) is 4.68. The Balaban J connectivity index is 2.72. The molecule has 16 heteroatoms. The fraction of sp³-hybridized carbons (Fsp3) is 0.875. The Hall–Kier alpha value is -0.950. The van der Waals surface area contributed by atoms with Gasteiger partial charge < -0.3 is 30.5 Å². The first-order chi connectivity index (χ1) is 10.8. The van der Waals surface area contributed by atoms with Crippen molar-refractivity contribution in [2.24, 2.45) is 0 Å². The van der Waals surface area contributed by atoms with E-state index in [0.717, 1.165) is 6.92 Å². The molecule has 5 atom stereocenters. The quantitative estimate of drug-likeness (QED) is 0.297. The van der Waals surface area contributed by atoms with Crippen LogP contribution in [-0.4, -0.2) is 79.8 Å². The first kappa shape index (κ1) is 19.4. The van der Waals surface area contributed by atoms with E-state index in [0.29, 0.717) is 0 Å². The summed E-state index contributed by atoms with van der Waals surface area (Å²) in [5.41, 5.74) is -3.37. The maximum atomic E-state index is 11.6. The number of aliphatic hydroxyl groups is 4. The minimum absolute atomic E-state index is 0.780. The zero-order valence-corrected chi connectivity index (χ0v) is 13.4. The molecule has 1 unspecified atom stereocenters. The lowest BCUT2D eigenvalue weighted by molar-refractivity contribution is -0.452. The highest BCUT2D eigenvalue weighted by atomic mass is 32.3. The number of ether oxygens (including phenoxy) is 1. The van der Waals surface area contributed by atoms with Crippen molar-refractivity contribution in [1.29, 1.82) is 0 Å². The van der Waals surface area contributed by atoms with Gasteiger partial charge in [0.2, 0.25) is 5.91 Å². The Bertz CT molecular complexity index is 733. The van der Waals surface area contributed by atoms with E-state index in [1.54, 1.807) is 5.32 Å². The van der Waals surface area contributed by atoms with Gasteiger partial charge >= 0.3 is 26.8 Å². The van der Waals surface area contributed by atoms with Gasteiger partial charge in [0.1, 0.15) is 18.3 Å². The largest absolute Gasteiger partial charge is 0.421 e. The predicted octanol–water partition coefficient (Wildman–Crippen LogP) is -4.87. The standard InChI is InChI=1S/C8H13NO13S2/c1-3(11)9-7-6(13)5(12)4(2-10)19-8(7,14)21-24(17,18)22-23(15,16)20-7/h4-6,10,12-14H,2H2,1H3,(H,9,11)/t4-,5+,6-,7-,8?/m1/s1. The third kappa shape index (κ3) is 3.12. The highest BCUT2D eigenvalue weighted by molar-refractivity contribution is 7.95. The van der Waals surface area contributed by atoms with E-state index >= 15 is 0 Å². The summed E-state index contributed by atoms with van der Waals surface area (Å²) in [4.78, 5) is 11.4. The summed E-state index contributed by atoms with van der Waals surface area (Å²) in [5.74, 6) is -4.86. The molecule has 0 aromatic carbocycles. The zero-order chi connectivity index (χ0) is 18.6. The van der Waals surface area contributed by atoms with Crippen molar-refractivity contribution in [2.75, 3.05) is 6.61 Å². The van der Waals surface area contributed by atoms with E-state index in [9.17, 15) is 36.9 Å². The van der Waals surface area contributed by atoms with Gasteiger partial charge in [-0.1, -0.05) is 0 Å². The lowest BCUT2D eigenvalue weighted by Gasteiger charge is -2.50.